The molecule has 1 saturated carbocycles. The van der Waals surface area contributed by atoms with E-state index in [1.165, 1.54) is 19.3 Å². The predicted octanol–water partition coefficient (Wildman–Crippen LogP) is 1.83. The van der Waals surface area contributed by atoms with Crippen molar-refractivity contribution in [1.29, 1.82) is 0 Å². The van der Waals surface area contributed by atoms with Crippen molar-refractivity contribution in [2.45, 2.75) is 39.2 Å². The molecule has 3 nitrogen and oxygen atoms in total. The lowest BCUT2D eigenvalue weighted by molar-refractivity contribution is -0.142. The molecule has 1 heterocycles. The van der Waals surface area contributed by atoms with Crippen LogP contribution in [0.2, 0.25) is 0 Å². The lowest BCUT2D eigenvalue weighted by atomic mass is 9.99. The molecular weight excluding hydrogens is 190 g/mol. The molecule has 1 aliphatic carbocycles. The maximum absolute atomic E-state index is 11.0. The zero-order chi connectivity index (χ0) is 11.0. The average Bonchev–Trinajstić information content (AvgIpc) is 2.71. The van der Waals surface area contributed by atoms with E-state index >= 15 is 0 Å². The maximum Gasteiger partial charge on any atom is 0.308 e. The summed E-state index contributed by atoms with van der Waals surface area (Å²) in [6.07, 6.45) is 3.89. The molecule has 1 aliphatic heterocycles. The van der Waals surface area contributed by atoms with Gasteiger partial charge in [-0.1, -0.05) is 20.3 Å². The van der Waals surface area contributed by atoms with Crippen LogP contribution in [-0.2, 0) is 4.79 Å². The minimum atomic E-state index is -0.615. The Morgan fingerprint density at radius 3 is 2.40 bits per heavy atom. The summed E-state index contributed by atoms with van der Waals surface area (Å²) in [5, 5.41) is 9.08. The number of carboxylic acids is 1. The standard InChI is InChI=1S/C12H21NO2/c1-8-4-3-5-11(8)13-6-9(2)10(7-13)12(14)15/h8-11H,3-7H2,1-2H3,(H,14,15). The fourth-order valence-corrected chi connectivity index (χ4v) is 3.26. The zero-order valence-electron chi connectivity index (χ0n) is 9.65. The molecule has 1 N–H and O–H groups in total. The van der Waals surface area contributed by atoms with Gasteiger partial charge in [0.15, 0.2) is 0 Å². The van der Waals surface area contributed by atoms with Crippen molar-refractivity contribution in [3.8, 4) is 0 Å². The summed E-state index contributed by atoms with van der Waals surface area (Å²) in [5.74, 6) is 0.313. The molecule has 3 heteroatoms. The van der Waals surface area contributed by atoms with Gasteiger partial charge in [-0.2, -0.15) is 0 Å². The Morgan fingerprint density at radius 2 is 1.93 bits per heavy atom. The Bertz CT molecular complexity index is 254. The Kier molecular flexibility index (Phi) is 3.01. The molecule has 2 aliphatic rings. The number of hydrogen-bond donors (Lipinski definition) is 1. The van der Waals surface area contributed by atoms with Crippen LogP contribution in [0.1, 0.15) is 33.1 Å². The van der Waals surface area contributed by atoms with Gasteiger partial charge in [-0.3, -0.25) is 9.69 Å². The highest BCUT2D eigenvalue weighted by Crippen LogP contribution is 2.34. The summed E-state index contributed by atoms with van der Waals surface area (Å²) in [7, 11) is 0. The Morgan fingerprint density at radius 1 is 1.20 bits per heavy atom. The van der Waals surface area contributed by atoms with Crippen LogP contribution in [0, 0.1) is 17.8 Å². The molecule has 0 aromatic rings. The Balaban J connectivity index is 1.99. The fourth-order valence-electron chi connectivity index (χ4n) is 3.26. The molecule has 0 bridgehead atoms. The van der Waals surface area contributed by atoms with Gasteiger partial charge in [0.25, 0.3) is 0 Å². The number of hydrogen-bond acceptors (Lipinski definition) is 2. The van der Waals surface area contributed by atoms with Crippen molar-refractivity contribution in [3.63, 3.8) is 0 Å². The Hall–Kier alpha value is -0.570. The number of rotatable bonds is 2. The van der Waals surface area contributed by atoms with Gasteiger partial charge in [0, 0.05) is 19.1 Å². The molecular formula is C12H21NO2. The number of nitrogens with zero attached hydrogens (tertiary/aromatic N) is 1. The fraction of sp³-hybridized carbons (Fsp3) is 0.917. The SMILES string of the molecule is CC1CN(C2CCCC2C)CC1C(=O)O. The minimum Gasteiger partial charge on any atom is -0.481 e. The first-order valence-corrected chi connectivity index (χ1v) is 6.06. The lowest BCUT2D eigenvalue weighted by Gasteiger charge is -2.27. The second-order valence-corrected chi connectivity index (χ2v) is 5.35. The molecule has 2 fully saturated rings. The zero-order valence-corrected chi connectivity index (χ0v) is 9.65. The third kappa shape index (κ3) is 2.03. The number of aliphatic carboxylic acids is 1. The molecule has 0 aromatic carbocycles. The minimum absolute atomic E-state index is 0.141. The average molecular weight is 211 g/mol. The number of carboxylic acid groups (broad SMARTS) is 1. The summed E-state index contributed by atoms with van der Waals surface area (Å²) < 4.78 is 0. The van der Waals surface area contributed by atoms with E-state index in [1.54, 1.807) is 0 Å². The van der Waals surface area contributed by atoms with Gasteiger partial charge in [0.2, 0.25) is 0 Å². The van der Waals surface area contributed by atoms with E-state index in [1.807, 2.05) is 0 Å². The van der Waals surface area contributed by atoms with E-state index in [9.17, 15) is 4.79 Å². The lowest BCUT2D eigenvalue weighted by Crippen LogP contribution is -2.35. The molecule has 0 aromatic heterocycles. The maximum atomic E-state index is 11.0. The van der Waals surface area contributed by atoms with Crippen LogP contribution in [0.4, 0.5) is 0 Å². The van der Waals surface area contributed by atoms with Gasteiger partial charge in [0.05, 0.1) is 5.92 Å². The van der Waals surface area contributed by atoms with E-state index in [-0.39, 0.29) is 5.92 Å². The van der Waals surface area contributed by atoms with Crippen LogP contribution in [0.15, 0.2) is 0 Å². The normalized spacial score (nSPS) is 42.3. The molecule has 15 heavy (non-hydrogen) atoms. The monoisotopic (exact) mass is 211 g/mol. The smallest absolute Gasteiger partial charge is 0.308 e. The van der Waals surface area contributed by atoms with Gasteiger partial charge in [-0.25, -0.2) is 0 Å². The van der Waals surface area contributed by atoms with Crippen molar-refractivity contribution >= 4 is 5.97 Å². The summed E-state index contributed by atoms with van der Waals surface area (Å²) in [4.78, 5) is 13.4. The summed E-state index contributed by atoms with van der Waals surface area (Å²) in [6.45, 7) is 6.12. The van der Waals surface area contributed by atoms with Crippen LogP contribution < -0.4 is 0 Å². The summed E-state index contributed by atoms with van der Waals surface area (Å²) in [5.41, 5.74) is 0. The van der Waals surface area contributed by atoms with Crippen molar-refractivity contribution < 1.29 is 9.90 Å². The van der Waals surface area contributed by atoms with Crippen molar-refractivity contribution in [3.05, 3.63) is 0 Å². The van der Waals surface area contributed by atoms with E-state index in [0.29, 0.717) is 12.0 Å². The van der Waals surface area contributed by atoms with Gasteiger partial charge in [-0.05, 0) is 24.7 Å². The second kappa shape index (κ2) is 4.12. The molecule has 4 unspecified atom stereocenters. The quantitative estimate of drug-likeness (QED) is 0.757. The molecule has 4 atom stereocenters. The first-order chi connectivity index (χ1) is 7.09. The van der Waals surface area contributed by atoms with Crippen molar-refractivity contribution in [2.24, 2.45) is 17.8 Å². The highest BCUT2D eigenvalue weighted by molar-refractivity contribution is 5.71. The third-order valence-electron chi connectivity index (χ3n) is 4.24. The van der Waals surface area contributed by atoms with Crippen LogP contribution in [0.3, 0.4) is 0 Å². The summed E-state index contributed by atoms with van der Waals surface area (Å²) >= 11 is 0. The molecule has 0 radical (unpaired) electrons. The van der Waals surface area contributed by atoms with Gasteiger partial charge in [0.1, 0.15) is 0 Å². The van der Waals surface area contributed by atoms with Gasteiger partial charge in [-0.15, -0.1) is 0 Å². The van der Waals surface area contributed by atoms with E-state index in [0.717, 1.165) is 19.0 Å². The van der Waals surface area contributed by atoms with Crippen LogP contribution in [-0.4, -0.2) is 35.1 Å². The van der Waals surface area contributed by atoms with E-state index in [4.69, 9.17) is 5.11 Å². The first kappa shape index (κ1) is 10.9. The van der Waals surface area contributed by atoms with Gasteiger partial charge < -0.3 is 5.11 Å². The first-order valence-electron chi connectivity index (χ1n) is 6.06. The van der Waals surface area contributed by atoms with Crippen molar-refractivity contribution in [1.82, 2.24) is 4.90 Å². The molecule has 0 amide bonds. The largest absolute Gasteiger partial charge is 0.481 e. The van der Waals surface area contributed by atoms with Crippen LogP contribution >= 0.6 is 0 Å². The van der Waals surface area contributed by atoms with Crippen LogP contribution in [0.5, 0.6) is 0 Å². The number of carbonyl (C=O) groups is 1. The highest BCUT2D eigenvalue weighted by atomic mass is 16.4. The molecule has 0 spiro atoms. The topological polar surface area (TPSA) is 40.5 Å². The van der Waals surface area contributed by atoms with E-state index < -0.39 is 5.97 Å². The Labute approximate surface area is 91.5 Å². The van der Waals surface area contributed by atoms with Gasteiger partial charge >= 0.3 is 5.97 Å². The third-order valence-corrected chi connectivity index (χ3v) is 4.24. The van der Waals surface area contributed by atoms with E-state index in [2.05, 4.69) is 18.7 Å². The predicted molar refractivity (Wildman–Crippen MR) is 58.7 cm³/mol. The number of likely N-dealkylation sites (tertiary alicyclic amines) is 1. The molecule has 1 saturated heterocycles. The van der Waals surface area contributed by atoms with Crippen LogP contribution in [0.25, 0.3) is 0 Å². The molecule has 86 valence electrons. The second-order valence-electron chi connectivity index (χ2n) is 5.35. The summed E-state index contributed by atoms with van der Waals surface area (Å²) in [6, 6.07) is 0.650. The highest BCUT2D eigenvalue weighted by Gasteiger charge is 2.40. The molecule has 2 rings (SSSR count). The van der Waals surface area contributed by atoms with Crippen molar-refractivity contribution in [2.75, 3.05) is 13.1 Å².